The molecule has 4 nitrogen and oxygen atoms in total. The Morgan fingerprint density at radius 2 is 2.36 bits per heavy atom. The fourth-order valence-electron chi connectivity index (χ4n) is 1.17. The average molecular weight is 195 g/mol. The quantitative estimate of drug-likeness (QED) is 0.790. The lowest BCUT2D eigenvalue weighted by Gasteiger charge is -1.86. The first-order valence-corrected chi connectivity index (χ1v) is 3.92. The summed E-state index contributed by atoms with van der Waals surface area (Å²) in [5.74, 6) is -1.58. The molecule has 0 amide bonds. The van der Waals surface area contributed by atoms with Crippen molar-refractivity contribution < 1.29 is 18.7 Å². The number of aromatic nitrogens is 1. The van der Waals surface area contributed by atoms with Gasteiger partial charge in [0.1, 0.15) is 11.9 Å². The number of hydrogen-bond donors (Lipinski definition) is 1. The molecule has 14 heavy (non-hydrogen) atoms. The van der Waals surface area contributed by atoms with Crippen molar-refractivity contribution in [1.29, 1.82) is 0 Å². The summed E-state index contributed by atoms with van der Waals surface area (Å²) in [5.41, 5.74) is 0.338. The van der Waals surface area contributed by atoms with E-state index in [4.69, 9.17) is 9.52 Å². The zero-order valence-corrected chi connectivity index (χ0v) is 7.03. The number of hydrogen-bond acceptors (Lipinski definition) is 3. The van der Waals surface area contributed by atoms with Gasteiger partial charge in [-0.25, -0.2) is 9.37 Å². The SMILES string of the molecule is O=C(O)Cc1nc2cccc(F)c2o1. The number of rotatable bonds is 2. The molecule has 0 radical (unpaired) electrons. The Balaban J connectivity index is 2.51. The Hall–Kier alpha value is -1.91. The number of nitrogens with zero attached hydrogens (tertiary/aromatic N) is 1. The van der Waals surface area contributed by atoms with Crippen LogP contribution in [0.25, 0.3) is 11.1 Å². The van der Waals surface area contributed by atoms with Gasteiger partial charge in [0, 0.05) is 0 Å². The predicted molar refractivity (Wildman–Crippen MR) is 45.3 cm³/mol. The maximum absolute atomic E-state index is 13.1. The summed E-state index contributed by atoms with van der Waals surface area (Å²) in [7, 11) is 0. The van der Waals surface area contributed by atoms with Crippen LogP contribution in [-0.4, -0.2) is 16.1 Å². The molecular formula is C9H6FNO3. The van der Waals surface area contributed by atoms with Crippen LogP contribution in [0.2, 0.25) is 0 Å². The number of carbonyl (C=O) groups is 1. The molecule has 0 atom stereocenters. The molecule has 0 aliphatic heterocycles. The summed E-state index contributed by atoms with van der Waals surface area (Å²) in [6.45, 7) is 0. The number of aliphatic carboxylic acids is 1. The minimum atomic E-state index is -1.06. The number of oxazole rings is 1. The van der Waals surface area contributed by atoms with E-state index in [9.17, 15) is 9.18 Å². The van der Waals surface area contributed by atoms with Crippen LogP contribution in [0.15, 0.2) is 22.6 Å². The lowest BCUT2D eigenvalue weighted by atomic mass is 10.3. The third kappa shape index (κ3) is 1.44. The average Bonchev–Trinajstić information content (AvgIpc) is 2.47. The maximum atomic E-state index is 13.1. The molecule has 1 aromatic carbocycles. The van der Waals surface area contributed by atoms with Gasteiger partial charge in [0.25, 0.3) is 0 Å². The third-order valence-electron chi connectivity index (χ3n) is 1.71. The summed E-state index contributed by atoms with van der Waals surface area (Å²) in [6, 6.07) is 4.29. The molecule has 1 aromatic heterocycles. The zero-order chi connectivity index (χ0) is 10.1. The molecule has 5 heteroatoms. The number of para-hydroxylation sites is 1. The molecule has 2 rings (SSSR count). The second kappa shape index (κ2) is 3.10. The van der Waals surface area contributed by atoms with Gasteiger partial charge < -0.3 is 9.52 Å². The highest BCUT2D eigenvalue weighted by Crippen LogP contribution is 2.18. The highest BCUT2D eigenvalue weighted by Gasteiger charge is 2.11. The Labute approximate surface area is 78.0 Å². The molecule has 0 unspecified atom stereocenters. The van der Waals surface area contributed by atoms with Gasteiger partial charge in [-0.3, -0.25) is 4.79 Å². The van der Waals surface area contributed by atoms with E-state index in [1.165, 1.54) is 12.1 Å². The molecule has 0 bridgehead atoms. The number of halogens is 1. The van der Waals surface area contributed by atoms with Crippen LogP contribution in [0.5, 0.6) is 0 Å². The van der Waals surface area contributed by atoms with Gasteiger partial charge in [0.15, 0.2) is 11.4 Å². The minimum Gasteiger partial charge on any atom is -0.481 e. The molecule has 0 aliphatic rings. The molecule has 2 aromatic rings. The van der Waals surface area contributed by atoms with Gasteiger partial charge in [0.2, 0.25) is 5.89 Å². The summed E-state index contributed by atoms with van der Waals surface area (Å²) >= 11 is 0. The van der Waals surface area contributed by atoms with Gasteiger partial charge in [-0.15, -0.1) is 0 Å². The molecule has 0 saturated heterocycles. The molecule has 0 spiro atoms. The fraction of sp³-hybridized carbons (Fsp3) is 0.111. The van der Waals surface area contributed by atoms with Crippen LogP contribution in [0.1, 0.15) is 5.89 Å². The van der Waals surface area contributed by atoms with Gasteiger partial charge >= 0.3 is 5.97 Å². The molecule has 0 fully saturated rings. The maximum Gasteiger partial charge on any atom is 0.312 e. The van der Waals surface area contributed by atoms with Crippen molar-refractivity contribution in [3.8, 4) is 0 Å². The Morgan fingerprint density at radius 3 is 3.00 bits per heavy atom. The molecule has 1 N–H and O–H groups in total. The van der Waals surface area contributed by atoms with Gasteiger partial charge in [-0.1, -0.05) is 6.07 Å². The van der Waals surface area contributed by atoms with Crippen LogP contribution in [0.4, 0.5) is 4.39 Å². The normalized spacial score (nSPS) is 10.6. The summed E-state index contributed by atoms with van der Waals surface area (Å²) in [4.78, 5) is 14.2. The molecule has 1 heterocycles. The second-order valence-corrected chi connectivity index (χ2v) is 2.77. The van der Waals surface area contributed by atoms with Crippen molar-refractivity contribution >= 4 is 17.1 Å². The Morgan fingerprint density at radius 1 is 1.57 bits per heavy atom. The van der Waals surface area contributed by atoms with Crippen LogP contribution in [0.3, 0.4) is 0 Å². The van der Waals surface area contributed by atoms with Gasteiger partial charge in [-0.05, 0) is 12.1 Å². The van der Waals surface area contributed by atoms with Crippen molar-refractivity contribution in [2.24, 2.45) is 0 Å². The second-order valence-electron chi connectivity index (χ2n) is 2.77. The first-order chi connectivity index (χ1) is 6.66. The predicted octanol–water partition coefficient (Wildman–Crippen LogP) is 1.59. The van der Waals surface area contributed by atoms with E-state index in [1.54, 1.807) is 6.07 Å². The first kappa shape index (κ1) is 8.68. The Bertz CT molecular complexity index is 492. The van der Waals surface area contributed by atoms with E-state index in [1.807, 2.05) is 0 Å². The third-order valence-corrected chi connectivity index (χ3v) is 1.71. The molecule has 72 valence electrons. The van der Waals surface area contributed by atoms with E-state index in [0.29, 0.717) is 5.52 Å². The fourth-order valence-corrected chi connectivity index (χ4v) is 1.17. The molecule has 0 aliphatic carbocycles. The molecular weight excluding hydrogens is 189 g/mol. The number of carboxylic acids is 1. The van der Waals surface area contributed by atoms with Crippen molar-refractivity contribution in [1.82, 2.24) is 4.98 Å². The largest absolute Gasteiger partial charge is 0.481 e. The van der Waals surface area contributed by atoms with E-state index in [-0.39, 0.29) is 17.9 Å². The topological polar surface area (TPSA) is 63.3 Å². The smallest absolute Gasteiger partial charge is 0.312 e. The van der Waals surface area contributed by atoms with Crippen molar-refractivity contribution in [2.75, 3.05) is 0 Å². The van der Waals surface area contributed by atoms with E-state index < -0.39 is 11.8 Å². The number of carboxylic acid groups (broad SMARTS) is 1. The minimum absolute atomic E-state index is 0.00347. The summed E-state index contributed by atoms with van der Waals surface area (Å²) in [5, 5.41) is 8.47. The monoisotopic (exact) mass is 195 g/mol. The van der Waals surface area contributed by atoms with Crippen molar-refractivity contribution in [3.05, 3.63) is 29.9 Å². The van der Waals surface area contributed by atoms with E-state index in [0.717, 1.165) is 0 Å². The highest BCUT2D eigenvalue weighted by molar-refractivity contribution is 5.75. The van der Waals surface area contributed by atoms with Crippen molar-refractivity contribution in [3.63, 3.8) is 0 Å². The van der Waals surface area contributed by atoms with E-state index >= 15 is 0 Å². The van der Waals surface area contributed by atoms with Crippen LogP contribution in [-0.2, 0) is 11.2 Å². The lowest BCUT2D eigenvalue weighted by Crippen LogP contribution is -1.99. The molecule has 0 saturated carbocycles. The van der Waals surface area contributed by atoms with Crippen LogP contribution < -0.4 is 0 Å². The Kier molecular flexibility index (Phi) is 1.92. The van der Waals surface area contributed by atoms with Gasteiger partial charge in [-0.2, -0.15) is 0 Å². The highest BCUT2D eigenvalue weighted by atomic mass is 19.1. The van der Waals surface area contributed by atoms with Gasteiger partial charge in [0.05, 0.1) is 0 Å². The van der Waals surface area contributed by atoms with E-state index in [2.05, 4.69) is 4.98 Å². The van der Waals surface area contributed by atoms with Crippen LogP contribution in [0, 0.1) is 5.82 Å². The van der Waals surface area contributed by atoms with Crippen LogP contribution >= 0.6 is 0 Å². The lowest BCUT2D eigenvalue weighted by molar-refractivity contribution is -0.136. The first-order valence-electron chi connectivity index (χ1n) is 3.92. The zero-order valence-electron chi connectivity index (χ0n) is 7.03. The summed E-state index contributed by atoms with van der Waals surface area (Å²) in [6.07, 6.45) is -0.339. The van der Waals surface area contributed by atoms with Crippen molar-refractivity contribution in [2.45, 2.75) is 6.42 Å². The number of fused-ring (bicyclic) bond motifs is 1. The standard InChI is InChI=1S/C9H6FNO3/c10-5-2-1-3-6-9(5)14-7(11-6)4-8(12)13/h1-3H,4H2,(H,12,13). The summed E-state index contributed by atoms with van der Waals surface area (Å²) < 4.78 is 18.0. The number of benzene rings is 1.